The van der Waals surface area contributed by atoms with Crippen molar-refractivity contribution in [3.8, 4) is 11.5 Å². The zero-order valence-corrected chi connectivity index (χ0v) is 11.5. The Labute approximate surface area is 119 Å². The highest BCUT2D eigenvalue weighted by molar-refractivity contribution is 9.10. The van der Waals surface area contributed by atoms with Crippen molar-refractivity contribution in [2.45, 2.75) is 0 Å². The maximum Gasteiger partial charge on any atom is 0.189 e. The minimum atomic E-state index is -0.319. The second kappa shape index (κ2) is 5.71. The summed E-state index contributed by atoms with van der Waals surface area (Å²) in [6.07, 6.45) is 3.05. The molecule has 2 rings (SSSR count). The fourth-order valence-corrected chi connectivity index (χ4v) is 1.83. The van der Waals surface area contributed by atoms with E-state index in [9.17, 15) is 9.90 Å². The zero-order valence-electron chi connectivity index (χ0n) is 9.88. The SMILES string of the molecule is O=C(/C=C/c1ccc(Br)cc1)c1ccc(O)cc1O. The number of rotatable bonds is 3. The number of ketones is 1. The summed E-state index contributed by atoms with van der Waals surface area (Å²) >= 11 is 3.33. The summed E-state index contributed by atoms with van der Waals surface area (Å²) in [4.78, 5) is 11.9. The predicted molar refractivity (Wildman–Crippen MR) is 77.3 cm³/mol. The first-order valence-electron chi connectivity index (χ1n) is 5.56. The molecule has 0 aromatic heterocycles. The quantitative estimate of drug-likeness (QED) is 0.669. The molecule has 4 heteroatoms. The van der Waals surface area contributed by atoms with Gasteiger partial charge in [0.1, 0.15) is 11.5 Å². The van der Waals surface area contributed by atoms with Crippen molar-refractivity contribution in [3.05, 3.63) is 64.1 Å². The molecule has 0 aliphatic carbocycles. The Bertz CT molecular complexity index is 630. The van der Waals surface area contributed by atoms with E-state index in [0.29, 0.717) is 0 Å². The van der Waals surface area contributed by atoms with Crippen molar-refractivity contribution in [2.75, 3.05) is 0 Å². The van der Waals surface area contributed by atoms with Crippen LogP contribution in [-0.2, 0) is 0 Å². The molecule has 96 valence electrons. The Hall–Kier alpha value is -2.07. The van der Waals surface area contributed by atoms with Gasteiger partial charge in [-0.3, -0.25) is 4.79 Å². The van der Waals surface area contributed by atoms with Gasteiger partial charge in [-0.05, 0) is 35.9 Å². The third kappa shape index (κ3) is 3.45. The molecule has 0 saturated carbocycles. The van der Waals surface area contributed by atoms with Gasteiger partial charge in [-0.25, -0.2) is 0 Å². The Kier molecular flexibility index (Phi) is 4.02. The molecule has 0 aliphatic rings. The van der Waals surface area contributed by atoms with Crippen molar-refractivity contribution in [1.29, 1.82) is 0 Å². The summed E-state index contributed by atoms with van der Waals surface area (Å²) in [7, 11) is 0. The van der Waals surface area contributed by atoms with Gasteiger partial charge < -0.3 is 10.2 Å². The smallest absolute Gasteiger partial charge is 0.189 e. The van der Waals surface area contributed by atoms with E-state index in [2.05, 4.69) is 15.9 Å². The molecule has 0 spiro atoms. The number of halogens is 1. The van der Waals surface area contributed by atoms with Crippen LogP contribution < -0.4 is 0 Å². The van der Waals surface area contributed by atoms with Crippen LogP contribution in [-0.4, -0.2) is 16.0 Å². The molecule has 2 aromatic rings. The number of carbonyl (C=O) groups excluding carboxylic acids is 1. The maximum absolute atomic E-state index is 11.9. The number of phenols is 2. The van der Waals surface area contributed by atoms with Gasteiger partial charge in [-0.15, -0.1) is 0 Å². The van der Waals surface area contributed by atoms with Crippen molar-refractivity contribution >= 4 is 27.8 Å². The molecule has 0 amide bonds. The Balaban J connectivity index is 2.18. The molecule has 0 heterocycles. The average molecular weight is 319 g/mol. The minimum Gasteiger partial charge on any atom is -0.508 e. The largest absolute Gasteiger partial charge is 0.508 e. The van der Waals surface area contributed by atoms with Gasteiger partial charge in [0.15, 0.2) is 5.78 Å². The number of carbonyl (C=O) groups is 1. The normalized spacial score (nSPS) is 10.8. The van der Waals surface area contributed by atoms with Gasteiger partial charge in [0.2, 0.25) is 0 Å². The van der Waals surface area contributed by atoms with E-state index in [1.165, 1.54) is 18.2 Å². The lowest BCUT2D eigenvalue weighted by Crippen LogP contribution is -1.94. The van der Waals surface area contributed by atoms with Gasteiger partial charge >= 0.3 is 0 Å². The van der Waals surface area contributed by atoms with Gasteiger partial charge in [-0.2, -0.15) is 0 Å². The first-order valence-corrected chi connectivity index (χ1v) is 6.35. The van der Waals surface area contributed by atoms with Crippen LogP contribution in [0.2, 0.25) is 0 Å². The van der Waals surface area contributed by atoms with Crippen LogP contribution in [0.15, 0.2) is 53.0 Å². The van der Waals surface area contributed by atoms with E-state index in [1.54, 1.807) is 6.08 Å². The standard InChI is InChI=1S/C15H11BrO3/c16-11-4-1-10(2-5-11)3-8-14(18)13-7-6-12(17)9-15(13)19/h1-9,17,19H/b8-3+. The molecule has 2 aromatic carbocycles. The van der Waals surface area contributed by atoms with Crippen LogP contribution >= 0.6 is 15.9 Å². The molecular weight excluding hydrogens is 308 g/mol. The average Bonchev–Trinajstić information content (AvgIpc) is 2.37. The van der Waals surface area contributed by atoms with E-state index in [4.69, 9.17) is 5.11 Å². The van der Waals surface area contributed by atoms with Crippen LogP contribution in [0.1, 0.15) is 15.9 Å². The monoisotopic (exact) mass is 318 g/mol. The second-order valence-corrected chi connectivity index (χ2v) is 4.87. The third-order valence-electron chi connectivity index (χ3n) is 2.54. The van der Waals surface area contributed by atoms with E-state index in [1.807, 2.05) is 24.3 Å². The van der Waals surface area contributed by atoms with Crippen LogP contribution in [0.25, 0.3) is 6.08 Å². The van der Waals surface area contributed by atoms with E-state index >= 15 is 0 Å². The molecule has 0 atom stereocenters. The molecule has 0 fully saturated rings. The molecule has 19 heavy (non-hydrogen) atoms. The summed E-state index contributed by atoms with van der Waals surface area (Å²) in [5.41, 5.74) is 1.04. The van der Waals surface area contributed by atoms with Crippen LogP contribution in [0.4, 0.5) is 0 Å². The molecule has 0 saturated heterocycles. The Morgan fingerprint density at radius 3 is 2.37 bits per heavy atom. The van der Waals surface area contributed by atoms with Crippen molar-refractivity contribution in [2.24, 2.45) is 0 Å². The highest BCUT2D eigenvalue weighted by Gasteiger charge is 2.08. The highest BCUT2D eigenvalue weighted by Crippen LogP contribution is 2.23. The van der Waals surface area contributed by atoms with Crippen LogP contribution in [0.3, 0.4) is 0 Å². The first-order chi connectivity index (χ1) is 9.06. The van der Waals surface area contributed by atoms with E-state index < -0.39 is 0 Å². The van der Waals surface area contributed by atoms with E-state index in [-0.39, 0.29) is 22.8 Å². The summed E-state index contributed by atoms with van der Waals surface area (Å²) in [5, 5.41) is 18.7. The third-order valence-corrected chi connectivity index (χ3v) is 3.07. The maximum atomic E-state index is 11.9. The fraction of sp³-hybridized carbons (Fsp3) is 0. The lowest BCUT2D eigenvalue weighted by atomic mass is 10.1. The number of allylic oxidation sites excluding steroid dienone is 1. The van der Waals surface area contributed by atoms with Crippen LogP contribution in [0, 0.1) is 0 Å². The number of hydrogen-bond donors (Lipinski definition) is 2. The number of aromatic hydroxyl groups is 2. The highest BCUT2D eigenvalue weighted by atomic mass is 79.9. The summed E-state index contributed by atoms with van der Waals surface area (Å²) < 4.78 is 0.965. The molecule has 0 radical (unpaired) electrons. The number of benzene rings is 2. The zero-order chi connectivity index (χ0) is 13.8. The van der Waals surface area contributed by atoms with Crippen molar-refractivity contribution in [3.63, 3.8) is 0 Å². The molecule has 0 unspecified atom stereocenters. The molecule has 0 aliphatic heterocycles. The lowest BCUT2D eigenvalue weighted by molar-refractivity contribution is 0.104. The summed E-state index contributed by atoms with van der Waals surface area (Å²) in [5.74, 6) is -0.628. The number of phenolic OH excluding ortho intramolecular Hbond substituents is 2. The first kappa shape index (κ1) is 13.4. The van der Waals surface area contributed by atoms with Gasteiger partial charge in [0.25, 0.3) is 0 Å². The lowest BCUT2D eigenvalue weighted by Gasteiger charge is -2.01. The topological polar surface area (TPSA) is 57.5 Å². The summed E-state index contributed by atoms with van der Waals surface area (Å²) in [6, 6.07) is 11.4. The van der Waals surface area contributed by atoms with Crippen molar-refractivity contribution < 1.29 is 15.0 Å². The van der Waals surface area contributed by atoms with E-state index in [0.717, 1.165) is 16.1 Å². The predicted octanol–water partition coefficient (Wildman–Crippen LogP) is 3.76. The summed E-state index contributed by atoms with van der Waals surface area (Å²) in [6.45, 7) is 0. The molecule has 3 nitrogen and oxygen atoms in total. The van der Waals surface area contributed by atoms with Gasteiger partial charge in [0, 0.05) is 10.5 Å². The Morgan fingerprint density at radius 1 is 1.05 bits per heavy atom. The molecule has 0 bridgehead atoms. The molecular formula is C15H11BrO3. The minimum absolute atomic E-state index is 0.0778. The second-order valence-electron chi connectivity index (χ2n) is 3.95. The number of hydrogen-bond acceptors (Lipinski definition) is 3. The van der Waals surface area contributed by atoms with Crippen molar-refractivity contribution in [1.82, 2.24) is 0 Å². The van der Waals surface area contributed by atoms with Gasteiger partial charge in [-0.1, -0.05) is 34.1 Å². The Morgan fingerprint density at radius 2 is 1.74 bits per heavy atom. The van der Waals surface area contributed by atoms with Crippen LogP contribution in [0.5, 0.6) is 11.5 Å². The van der Waals surface area contributed by atoms with Gasteiger partial charge in [0.05, 0.1) is 5.56 Å². The fourth-order valence-electron chi connectivity index (χ4n) is 1.56. The molecule has 2 N–H and O–H groups in total.